The molecule has 0 fully saturated rings. The Labute approximate surface area is 193 Å². The predicted octanol–water partition coefficient (Wildman–Crippen LogP) is 4.18. The minimum absolute atomic E-state index is 0.0348. The van der Waals surface area contributed by atoms with Crippen LogP contribution in [0.2, 0.25) is 5.02 Å². The number of aromatic nitrogens is 5. The SMILES string of the molecule is Cc1csc(NC(=O)CN2C(c3ccccc3)=CC(c3ccc(Cl)cc3)n3nnnc32)n1. The molecule has 5 rings (SSSR count). The lowest BCUT2D eigenvalue weighted by Crippen LogP contribution is -2.37. The Morgan fingerprint density at radius 3 is 2.66 bits per heavy atom. The number of hydrogen-bond acceptors (Lipinski definition) is 7. The van der Waals surface area contributed by atoms with Gasteiger partial charge in [0.1, 0.15) is 12.6 Å². The first kappa shape index (κ1) is 20.3. The van der Waals surface area contributed by atoms with Gasteiger partial charge >= 0.3 is 0 Å². The number of aryl methyl sites for hydroxylation is 1. The highest BCUT2D eigenvalue weighted by atomic mass is 35.5. The molecule has 2 aromatic carbocycles. The first-order valence-electron chi connectivity index (χ1n) is 9.88. The van der Waals surface area contributed by atoms with Crippen LogP contribution in [-0.2, 0) is 4.79 Å². The third-order valence-corrected chi connectivity index (χ3v) is 6.16. The molecule has 0 saturated carbocycles. The number of tetrazole rings is 1. The molecular weight excluding hydrogens is 446 g/mol. The van der Waals surface area contributed by atoms with Gasteiger partial charge in [0.25, 0.3) is 5.95 Å². The molecular formula is C22H18ClN7OS. The smallest absolute Gasteiger partial charge is 0.251 e. The third-order valence-electron chi connectivity index (χ3n) is 5.04. The lowest BCUT2D eigenvalue weighted by Gasteiger charge is -2.32. The van der Waals surface area contributed by atoms with E-state index in [4.69, 9.17) is 11.6 Å². The first-order valence-corrected chi connectivity index (χ1v) is 11.1. The van der Waals surface area contributed by atoms with Crippen LogP contribution >= 0.6 is 22.9 Å². The van der Waals surface area contributed by atoms with Gasteiger partial charge in [-0.1, -0.05) is 59.2 Å². The number of rotatable bonds is 5. The second kappa shape index (κ2) is 8.52. The van der Waals surface area contributed by atoms with E-state index in [0.29, 0.717) is 16.1 Å². The maximum absolute atomic E-state index is 12.9. The number of nitrogens with zero attached hydrogens (tertiary/aromatic N) is 6. The van der Waals surface area contributed by atoms with Gasteiger partial charge in [0.2, 0.25) is 5.91 Å². The molecule has 0 bridgehead atoms. The van der Waals surface area contributed by atoms with Crippen molar-refractivity contribution in [3.05, 3.63) is 87.9 Å². The number of thiazole rings is 1. The summed E-state index contributed by atoms with van der Waals surface area (Å²) in [5.41, 5.74) is 3.65. The Balaban J connectivity index is 1.53. The molecule has 0 aliphatic carbocycles. The molecule has 4 aromatic rings. The normalized spacial score (nSPS) is 15.2. The zero-order valence-electron chi connectivity index (χ0n) is 17.0. The lowest BCUT2D eigenvalue weighted by atomic mass is 10.0. The summed E-state index contributed by atoms with van der Waals surface area (Å²) < 4.78 is 1.70. The van der Waals surface area contributed by atoms with E-state index >= 15 is 0 Å². The molecule has 0 saturated heterocycles. The van der Waals surface area contributed by atoms with Crippen LogP contribution in [0.1, 0.15) is 22.9 Å². The summed E-state index contributed by atoms with van der Waals surface area (Å²) in [6.07, 6.45) is 2.06. The number of anilines is 2. The average Bonchev–Trinajstić information content (AvgIpc) is 3.44. The molecule has 2 aromatic heterocycles. The second-order valence-electron chi connectivity index (χ2n) is 7.27. The van der Waals surface area contributed by atoms with Crippen LogP contribution < -0.4 is 10.2 Å². The highest BCUT2D eigenvalue weighted by Gasteiger charge is 2.32. The van der Waals surface area contributed by atoms with Gasteiger partial charge in [-0.2, -0.15) is 4.68 Å². The van der Waals surface area contributed by atoms with E-state index in [1.54, 1.807) is 4.68 Å². The molecule has 8 nitrogen and oxygen atoms in total. The number of carbonyl (C=O) groups is 1. The highest BCUT2D eigenvalue weighted by Crippen LogP contribution is 2.36. The van der Waals surface area contributed by atoms with Crippen LogP contribution in [0.15, 0.2) is 66.1 Å². The van der Waals surface area contributed by atoms with Crippen LogP contribution in [-0.4, -0.2) is 37.6 Å². The van der Waals surface area contributed by atoms with Crippen LogP contribution in [0.25, 0.3) is 5.70 Å². The van der Waals surface area contributed by atoms with Gasteiger partial charge in [-0.05, 0) is 46.7 Å². The first-order chi connectivity index (χ1) is 15.6. The Morgan fingerprint density at radius 2 is 1.94 bits per heavy atom. The van der Waals surface area contributed by atoms with Crippen LogP contribution in [0.5, 0.6) is 0 Å². The monoisotopic (exact) mass is 463 g/mol. The zero-order valence-corrected chi connectivity index (χ0v) is 18.6. The maximum atomic E-state index is 12.9. The molecule has 0 spiro atoms. The van der Waals surface area contributed by atoms with E-state index in [1.165, 1.54) is 11.3 Å². The number of nitrogens with one attached hydrogen (secondary N) is 1. The van der Waals surface area contributed by atoms with Crippen LogP contribution in [0, 0.1) is 6.92 Å². The number of carbonyl (C=O) groups excluding carboxylic acids is 1. The molecule has 1 aliphatic heterocycles. The average molecular weight is 464 g/mol. The van der Waals surface area contributed by atoms with Gasteiger partial charge in [0.15, 0.2) is 5.13 Å². The largest absolute Gasteiger partial charge is 0.300 e. The van der Waals surface area contributed by atoms with E-state index in [2.05, 4.69) is 31.9 Å². The van der Waals surface area contributed by atoms with Gasteiger partial charge in [-0.15, -0.1) is 11.3 Å². The molecule has 1 unspecified atom stereocenters. The van der Waals surface area contributed by atoms with E-state index in [-0.39, 0.29) is 18.5 Å². The number of halogens is 1. The van der Waals surface area contributed by atoms with Crippen molar-refractivity contribution in [1.29, 1.82) is 0 Å². The van der Waals surface area contributed by atoms with Crippen LogP contribution in [0.3, 0.4) is 0 Å². The van der Waals surface area contributed by atoms with Gasteiger partial charge < -0.3 is 5.32 Å². The van der Waals surface area contributed by atoms with Crippen molar-refractivity contribution in [2.45, 2.75) is 13.0 Å². The number of amides is 1. The number of allylic oxidation sites excluding steroid dienone is 1. The maximum Gasteiger partial charge on any atom is 0.251 e. The number of fused-ring (bicyclic) bond motifs is 1. The topological polar surface area (TPSA) is 88.8 Å². The summed E-state index contributed by atoms with van der Waals surface area (Å²) in [5, 5.41) is 18.3. The third kappa shape index (κ3) is 4.00. The molecule has 1 aliphatic rings. The molecule has 32 heavy (non-hydrogen) atoms. The molecule has 10 heteroatoms. The molecule has 1 atom stereocenters. The molecule has 1 N–H and O–H groups in total. The van der Waals surface area contributed by atoms with Gasteiger partial charge in [-0.3, -0.25) is 9.69 Å². The minimum Gasteiger partial charge on any atom is -0.300 e. The van der Waals surface area contributed by atoms with E-state index in [0.717, 1.165) is 22.5 Å². The quantitative estimate of drug-likeness (QED) is 0.477. The van der Waals surface area contributed by atoms with E-state index < -0.39 is 0 Å². The van der Waals surface area contributed by atoms with Crippen molar-refractivity contribution < 1.29 is 4.79 Å². The zero-order chi connectivity index (χ0) is 22.1. The second-order valence-corrected chi connectivity index (χ2v) is 8.56. The molecule has 160 valence electrons. The molecule has 0 radical (unpaired) electrons. The van der Waals surface area contributed by atoms with Crippen molar-refractivity contribution in [3.8, 4) is 0 Å². The number of benzene rings is 2. The number of hydrogen-bond donors (Lipinski definition) is 1. The van der Waals surface area contributed by atoms with Crippen molar-refractivity contribution in [2.24, 2.45) is 0 Å². The van der Waals surface area contributed by atoms with Crippen molar-refractivity contribution in [2.75, 3.05) is 16.8 Å². The lowest BCUT2D eigenvalue weighted by molar-refractivity contribution is -0.114. The minimum atomic E-state index is -0.242. The van der Waals surface area contributed by atoms with Crippen molar-refractivity contribution in [1.82, 2.24) is 25.2 Å². The van der Waals surface area contributed by atoms with Crippen LogP contribution in [0.4, 0.5) is 11.1 Å². The predicted molar refractivity (Wildman–Crippen MR) is 125 cm³/mol. The summed E-state index contributed by atoms with van der Waals surface area (Å²) in [7, 11) is 0. The fourth-order valence-electron chi connectivity index (χ4n) is 3.59. The van der Waals surface area contributed by atoms with E-state index in [9.17, 15) is 4.79 Å². The Morgan fingerprint density at radius 1 is 1.16 bits per heavy atom. The summed E-state index contributed by atoms with van der Waals surface area (Å²) in [6, 6.07) is 17.2. The van der Waals surface area contributed by atoms with Gasteiger partial charge in [-0.25, -0.2) is 4.98 Å². The van der Waals surface area contributed by atoms with Gasteiger partial charge in [0, 0.05) is 10.4 Å². The van der Waals surface area contributed by atoms with Crippen molar-refractivity contribution in [3.63, 3.8) is 0 Å². The van der Waals surface area contributed by atoms with E-state index in [1.807, 2.05) is 71.8 Å². The fraction of sp³-hybridized carbons (Fsp3) is 0.136. The van der Waals surface area contributed by atoms with Gasteiger partial charge in [0.05, 0.1) is 11.4 Å². The Kier molecular flexibility index (Phi) is 5.42. The molecule has 3 heterocycles. The summed E-state index contributed by atoms with van der Waals surface area (Å²) in [5.74, 6) is 0.275. The Hall–Kier alpha value is -3.56. The highest BCUT2D eigenvalue weighted by molar-refractivity contribution is 7.13. The Bertz CT molecular complexity index is 1280. The molecule has 1 amide bonds. The summed E-state index contributed by atoms with van der Waals surface area (Å²) in [4.78, 5) is 19.0. The summed E-state index contributed by atoms with van der Waals surface area (Å²) in [6.45, 7) is 1.92. The fourth-order valence-corrected chi connectivity index (χ4v) is 4.42. The van der Waals surface area contributed by atoms with Crippen molar-refractivity contribution >= 4 is 45.6 Å². The standard InChI is InChI=1S/C22H18ClN7OS/c1-14-13-32-21(24-14)25-20(31)12-29-18(15-5-3-2-4-6-15)11-19(30-22(29)26-27-28-30)16-7-9-17(23)10-8-16/h2-11,13,19H,12H2,1H3,(H,24,25,31). The summed E-state index contributed by atoms with van der Waals surface area (Å²) >= 11 is 7.47.